The Balaban J connectivity index is 1.55. The van der Waals surface area contributed by atoms with Crippen LogP contribution in [0.3, 0.4) is 0 Å². The summed E-state index contributed by atoms with van der Waals surface area (Å²) in [5, 5.41) is 2.61. The van der Waals surface area contributed by atoms with Crippen LogP contribution in [0.2, 0.25) is 0 Å². The quantitative estimate of drug-likeness (QED) is 0.431. The number of hydrogen-bond acceptors (Lipinski definition) is 7. The number of aldehydes is 1. The molecule has 5 N–H and O–H groups in total. The van der Waals surface area contributed by atoms with Crippen molar-refractivity contribution >= 4 is 35.6 Å². The van der Waals surface area contributed by atoms with E-state index in [4.69, 9.17) is 16.2 Å². The molecule has 2 saturated heterocycles. The fourth-order valence-electron chi connectivity index (χ4n) is 5.12. The zero-order valence-electron chi connectivity index (χ0n) is 20.8. The highest BCUT2D eigenvalue weighted by atomic mass is 19.1. The first-order chi connectivity index (χ1) is 17.6. The predicted octanol–water partition coefficient (Wildman–Crippen LogP) is 1.36. The number of carbonyl (C=O) groups is 4. The molecule has 2 aromatic carbocycles. The molecule has 0 saturated carbocycles. The molecule has 37 heavy (non-hydrogen) atoms. The first-order valence-corrected chi connectivity index (χ1v) is 11.9. The average molecular weight is 512 g/mol. The number of amides is 3. The Hall–Kier alpha value is -3.99. The van der Waals surface area contributed by atoms with Gasteiger partial charge < -0.3 is 31.2 Å². The van der Waals surface area contributed by atoms with Crippen LogP contribution >= 0.6 is 0 Å². The Kier molecular flexibility index (Phi) is 7.17. The number of anilines is 2. The van der Waals surface area contributed by atoms with Gasteiger partial charge in [-0.3, -0.25) is 14.5 Å². The number of benzene rings is 2. The molecular formula is C26H30FN5O5. The number of halogens is 1. The number of rotatable bonds is 9. The predicted molar refractivity (Wildman–Crippen MR) is 135 cm³/mol. The van der Waals surface area contributed by atoms with Crippen molar-refractivity contribution in [3.8, 4) is 0 Å². The van der Waals surface area contributed by atoms with Crippen LogP contribution in [0.5, 0.6) is 0 Å². The molecular weight excluding hydrogens is 481 g/mol. The summed E-state index contributed by atoms with van der Waals surface area (Å²) in [6, 6.07) is 7.91. The van der Waals surface area contributed by atoms with Crippen LogP contribution in [-0.4, -0.2) is 56.5 Å². The second-order valence-electron chi connectivity index (χ2n) is 9.67. The molecule has 10 nitrogen and oxygen atoms in total. The third kappa shape index (κ3) is 4.99. The van der Waals surface area contributed by atoms with E-state index in [0.29, 0.717) is 35.6 Å². The molecule has 0 aromatic heterocycles. The molecule has 11 heteroatoms. The summed E-state index contributed by atoms with van der Waals surface area (Å²) in [7, 11) is 0. The van der Waals surface area contributed by atoms with Crippen LogP contribution in [-0.2, 0) is 32.7 Å². The van der Waals surface area contributed by atoms with Crippen molar-refractivity contribution in [1.82, 2.24) is 5.32 Å². The van der Waals surface area contributed by atoms with E-state index >= 15 is 4.39 Å². The normalized spacial score (nSPS) is 18.3. The lowest BCUT2D eigenvalue weighted by Gasteiger charge is -2.51. The van der Waals surface area contributed by atoms with E-state index < -0.39 is 29.3 Å². The van der Waals surface area contributed by atoms with E-state index in [-0.39, 0.29) is 37.5 Å². The van der Waals surface area contributed by atoms with Crippen LogP contribution < -0.4 is 26.6 Å². The first kappa shape index (κ1) is 26.1. The van der Waals surface area contributed by atoms with Gasteiger partial charge in [-0.1, -0.05) is 19.1 Å². The zero-order valence-corrected chi connectivity index (χ0v) is 20.8. The molecule has 4 rings (SSSR count). The van der Waals surface area contributed by atoms with Gasteiger partial charge in [0.1, 0.15) is 18.2 Å². The minimum absolute atomic E-state index is 0.0775. The summed E-state index contributed by atoms with van der Waals surface area (Å²) in [6.07, 6.45) is -0.301. The maximum Gasteiger partial charge on any atom is 0.414 e. The van der Waals surface area contributed by atoms with Gasteiger partial charge in [0.15, 0.2) is 0 Å². The molecule has 3 amide bonds. The summed E-state index contributed by atoms with van der Waals surface area (Å²) < 4.78 is 20.6. The molecule has 1 atom stereocenters. The monoisotopic (exact) mass is 511 g/mol. The van der Waals surface area contributed by atoms with Crippen molar-refractivity contribution in [2.75, 3.05) is 36.0 Å². The van der Waals surface area contributed by atoms with Gasteiger partial charge in [-0.15, -0.1) is 0 Å². The average Bonchev–Trinajstić information content (AvgIpc) is 3.21. The Bertz CT molecular complexity index is 1260. The summed E-state index contributed by atoms with van der Waals surface area (Å²) in [4.78, 5) is 50.2. The maximum absolute atomic E-state index is 15.4. The largest absolute Gasteiger partial charge is 0.442 e. The number of cyclic esters (lactones) is 1. The van der Waals surface area contributed by atoms with E-state index in [1.165, 1.54) is 17.9 Å². The Morgan fingerprint density at radius 2 is 2.00 bits per heavy atom. The van der Waals surface area contributed by atoms with Crippen molar-refractivity contribution < 1.29 is 28.3 Å². The third-order valence-electron chi connectivity index (χ3n) is 6.92. The molecule has 0 radical (unpaired) electrons. The van der Waals surface area contributed by atoms with E-state index in [0.717, 1.165) is 11.8 Å². The molecule has 2 fully saturated rings. The fraction of sp³-hybridized carbons (Fsp3) is 0.385. The summed E-state index contributed by atoms with van der Waals surface area (Å²) in [6.45, 7) is 4.61. The Labute approximate surface area is 213 Å². The highest BCUT2D eigenvalue weighted by Gasteiger charge is 2.44. The second-order valence-corrected chi connectivity index (χ2v) is 9.67. The van der Waals surface area contributed by atoms with Gasteiger partial charge in [-0.05, 0) is 34.9 Å². The van der Waals surface area contributed by atoms with E-state index in [2.05, 4.69) is 5.32 Å². The molecule has 2 heterocycles. The van der Waals surface area contributed by atoms with Crippen LogP contribution in [0.1, 0.15) is 40.9 Å². The number of nitrogens with one attached hydrogen (secondary N) is 1. The van der Waals surface area contributed by atoms with Crippen LogP contribution in [0.4, 0.5) is 20.6 Å². The number of carbonyl (C=O) groups excluding carboxylic acids is 4. The number of nitrogens with two attached hydrogens (primary N) is 2. The van der Waals surface area contributed by atoms with Gasteiger partial charge in [0.05, 0.1) is 30.0 Å². The molecule has 2 aliphatic rings. The van der Waals surface area contributed by atoms with Gasteiger partial charge >= 0.3 is 6.09 Å². The molecule has 2 aliphatic heterocycles. The molecule has 2 aromatic rings. The maximum atomic E-state index is 15.4. The topological polar surface area (TPSA) is 148 Å². The highest BCUT2D eigenvalue weighted by molar-refractivity contribution is 6.00. The number of nitrogens with zero attached hydrogens (tertiary/aromatic N) is 2. The van der Waals surface area contributed by atoms with Crippen molar-refractivity contribution in [3.05, 3.63) is 58.4 Å². The molecule has 0 bridgehead atoms. The number of ether oxygens (including phenoxy) is 1. The minimum Gasteiger partial charge on any atom is -0.442 e. The lowest BCUT2D eigenvalue weighted by molar-refractivity contribution is -0.119. The van der Waals surface area contributed by atoms with Gasteiger partial charge in [0, 0.05) is 38.4 Å². The summed E-state index contributed by atoms with van der Waals surface area (Å²) >= 11 is 0. The zero-order chi connectivity index (χ0) is 26.9. The van der Waals surface area contributed by atoms with Gasteiger partial charge in [0.2, 0.25) is 5.91 Å². The van der Waals surface area contributed by atoms with E-state index in [9.17, 15) is 19.2 Å². The SMILES string of the molecule is CC(=O)NC[C@H]1CN(c2ccc(C3(C)CN(c4c(C(N)=O)ccc(CN)c4CC=O)C3)c(F)c2)C(=O)O1. The van der Waals surface area contributed by atoms with Crippen LogP contribution in [0.25, 0.3) is 0 Å². The minimum atomic E-state index is -0.621. The van der Waals surface area contributed by atoms with Crippen molar-refractivity contribution in [2.24, 2.45) is 11.5 Å². The van der Waals surface area contributed by atoms with Gasteiger partial charge in [-0.25, -0.2) is 9.18 Å². The van der Waals surface area contributed by atoms with E-state index in [1.807, 2.05) is 11.8 Å². The van der Waals surface area contributed by atoms with Crippen LogP contribution in [0, 0.1) is 5.82 Å². The fourth-order valence-corrected chi connectivity index (χ4v) is 5.12. The Morgan fingerprint density at radius 1 is 1.27 bits per heavy atom. The highest BCUT2D eigenvalue weighted by Crippen LogP contribution is 2.42. The standard InChI is InChI=1S/C26H30FN5O5/c1-15(34)30-11-18-12-32(25(36)37-18)17-4-6-21(22(27)9-17)26(2)13-31(14-26)23-19(7-8-33)16(10-28)3-5-20(23)24(29)35/h3-6,8-9,18H,7,10-14,28H2,1-2H3,(H2,29,35)(H,30,34)/t18-/m0/s1. The second kappa shape index (κ2) is 10.2. The van der Waals surface area contributed by atoms with E-state index in [1.54, 1.807) is 24.3 Å². The van der Waals surface area contributed by atoms with Gasteiger partial charge in [-0.2, -0.15) is 0 Å². The van der Waals surface area contributed by atoms with Crippen molar-refractivity contribution in [2.45, 2.75) is 38.3 Å². The molecule has 196 valence electrons. The van der Waals surface area contributed by atoms with Gasteiger partial charge in [0.25, 0.3) is 5.91 Å². The molecule has 0 spiro atoms. The number of hydrogen-bond donors (Lipinski definition) is 3. The summed E-state index contributed by atoms with van der Waals surface area (Å²) in [5.41, 5.74) is 13.9. The van der Waals surface area contributed by atoms with Crippen LogP contribution in [0.15, 0.2) is 30.3 Å². The Morgan fingerprint density at radius 3 is 2.59 bits per heavy atom. The number of primary amides is 1. The lowest BCUT2D eigenvalue weighted by Crippen LogP contribution is -2.59. The smallest absolute Gasteiger partial charge is 0.414 e. The van der Waals surface area contributed by atoms with Crippen molar-refractivity contribution in [1.29, 1.82) is 0 Å². The molecule has 0 aliphatic carbocycles. The molecule has 0 unspecified atom stereocenters. The third-order valence-corrected chi connectivity index (χ3v) is 6.92. The summed E-state index contributed by atoms with van der Waals surface area (Å²) in [5.74, 6) is -1.33. The van der Waals surface area contributed by atoms with Crippen molar-refractivity contribution in [3.63, 3.8) is 0 Å². The lowest BCUT2D eigenvalue weighted by atomic mass is 9.74. The first-order valence-electron chi connectivity index (χ1n) is 11.9.